The van der Waals surface area contributed by atoms with Crippen molar-refractivity contribution in [1.82, 2.24) is 9.47 Å². The molecule has 4 rings (SSSR count). The van der Waals surface area contributed by atoms with E-state index in [1.807, 2.05) is 49.5 Å². The molecule has 6 heteroatoms. The SMILES string of the molecule is COc1ccc(CCN2C(=O)/C(=C/c3cn(C)c4ccccc34)SC2=S)cc1. The largest absolute Gasteiger partial charge is 0.497 e. The maximum absolute atomic E-state index is 12.9. The Bertz CT molecular complexity index is 1080. The van der Waals surface area contributed by atoms with Crippen LogP contribution in [0.15, 0.2) is 59.6 Å². The van der Waals surface area contributed by atoms with E-state index in [-0.39, 0.29) is 5.91 Å². The van der Waals surface area contributed by atoms with Crippen LogP contribution >= 0.6 is 24.0 Å². The van der Waals surface area contributed by atoms with Gasteiger partial charge >= 0.3 is 0 Å². The number of nitrogens with zero attached hydrogens (tertiary/aromatic N) is 2. The fraction of sp³-hybridized carbons (Fsp3) is 0.182. The van der Waals surface area contributed by atoms with Crippen LogP contribution in [0.5, 0.6) is 5.75 Å². The van der Waals surface area contributed by atoms with Crippen LogP contribution < -0.4 is 4.74 Å². The summed E-state index contributed by atoms with van der Waals surface area (Å²) in [5.74, 6) is 0.809. The predicted octanol–water partition coefficient (Wildman–Crippen LogP) is 4.63. The number of para-hydroxylation sites is 1. The molecule has 1 aromatic heterocycles. The van der Waals surface area contributed by atoms with Crippen molar-refractivity contribution < 1.29 is 9.53 Å². The van der Waals surface area contributed by atoms with E-state index in [2.05, 4.69) is 22.9 Å². The number of benzene rings is 2. The molecular weight excluding hydrogens is 388 g/mol. The second-order valence-electron chi connectivity index (χ2n) is 6.64. The maximum atomic E-state index is 12.9. The van der Waals surface area contributed by atoms with Crippen molar-refractivity contribution in [1.29, 1.82) is 0 Å². The first-order chi connectivity index (χ1) is 13.6. The molecular formula is C22H20N2O2S2. The van der Waals surface area contributed by atoms with Gasteiger partial charge in [0.15, 0.2) is 0 Å². The molecule has 1 saturated heterocycles. The van der Waals surface area contributed by atoms with Crippen LogP contribution in [0.2, 0.25) is 0 Å². The van der Waals surface area contributed by atoms with Gasteiger partial charge < -0.3 is 9.30 Å². The molecule has 0 bridgehead atoms. The van der Waals surface area contributed by atoms with Crippen molar-refractivity contribution in [2.45, 2.75) is 6.42 Å². The maximum Gasteiger partial charge on any atom is 0.266 e. The molecule has 1 aliphatic heterocycles. The molecule has 0 radical (unpaired) electrons. The van der Waals surface area contributed by atoms with E-state index < -0.39 is 0 Å². The second kappa shape index (κ2) is 7.81. The summed E-state index contributed by atoms with van der Waals surface area (Å²) in [5, 5.41) is 1.13. The normalized spacial score (nSPS) is 15.8. The number of rotatable bonds is 5. The molecule has 0 aliphatic carbocycles. The molecule has 0 spiro atoms. The van der Waals surface area contributed by atoms with Gasteiger partial charge in [-0.1, -0.05) is 54.3 Å². The first-order valence-electron chi connectivity index (χ1n) is 8.99. The predicted molar refractivity (Wildman–Crippen MR) is 119 cm³/mol. The molecule has 28 heavy (non-hydrogen) atoms. The summed E-state index contributed by atoms with van der Waals surface area (Å²) in [6.45, 7) is 0.573. The van der Waals surface area contributed by atoms with Crippen LogP contribution in [0.4, 0.5) is 0 Å². The third kappa shape index (κ3) is 3.57. The third-order valence-electron chi connectivity index (χ3n) is 4.87. The third-order valence-corrected chi connectivity index (χ3v) is 6.25. The van der Waals surface area contributed by atoms with Crippen molar-refractivity contribution in [3.63, 3.8) is 0 Å². The van der Waals surface area contributed by atoms with Crippen molar-refractivity contribution in [3.05, 3.63) is 70.8 Å². The Balaban J connectivity index is 1.52. The number of hydrogen-bond donors (Lipinski definition) is 0. The van der Waals surface area contributed by atoms with E-state index in [9.17, 15) is 4.79 Å². The van der Waals surface area contributed by atoms with E-state index in [0.717, 1.165) is 34.2 Å². The molecule has 4 nitrogen and oxygen atoms in total. The molecule has 0 saturated carbocycles. The van der Waals surface area contributed by atoms with Crippen LogP contribution in [0, 0.1) is 0 Å². The van der Waals surface area contributed by atoms with Crippen molar-refractivity contribution in [2.75, 3.05) is 13.7 Å². The lowest BCUT2D eigenvalue weighted by Gasteiger charge is -2.14. The lowest BCUT2D eigenvalue weighted by Crippen LogP contribution is -2.30. The van der Waals surface area contributed by atoms with Crippen LogP contribution in [0.25, 0.3) is 17.0 Å². The number of carbonyl (C=O) groups is 1. The van der Waals surface area contributed by atoms with Gasteiger partial charge in [-0.05, 0) is 36.3 Å². The molecule has 0 atom stereocenters. The Morgan fingerprint density at radius 3 is 2.64 bits per heavy atom. The van der Waals surface area contributed by atoms with Gasteiger partial charge in [0.25, 0.3) is 5.91 Å². The summed E-state index contributed by atoms with van der Waals surface area (Å²) < 4.78 is 7.88. The Morgan fingerprint density at radius 2 is 1.89 bits per heavy atom. The Morgan fingerprint density at radius 1 is 1.14 bits per heavy atom. The van der Waals surface area contributed by atoms with Crippen molar-refractivity contribution in [3.8, 4) is 5.75 Å². The zero-order chi connectivity index (χ0) is 19.7. The van der Waals surface area contributed by atoms with Gasteiger partial charge in [-0.3, -0.25) is 9.69 Å². The fourth-order valence-electron chi connectivity index (χ4n) is 3.36. The number of thiocarbonyl (C=S) groups is 1. The number of amides is 1. The number of aromatic nitrogens is 1. The van der Waals surface area contributed by atoms with E-state index in [1.54, 1.807) is 12.0 Å². The molecule has 1 aliphatic rings. The molecule has 0 unspecified atom stereocenters. The number of aryl methyl sites for hydroxylation is 1. The Labute approximate surface area is 173 Å². The number of methoxy groups -OCH3 is 1. The monoisotopic (exact) mass is 408 g/mol. The lowest BCUT2D eigenvalue weighted by atomic mass is 10.1. The molecule has 0 N–H and O–H groups in total. The van der Waals surface area contributed by atoms with Crippen molar-refractivity contribution in [2.24, 2.45) is 7.05 Å². The summed E-state index contributed by atoms with van der Waals surface area (Å²) in [6.07, 6.45) is 4.75. The number of thioether (sulfide) groups is 1. The topological polar surface area (TPSA) is 34.5 Å². The molecule has 142 valence electrons. The van der Waals surface area contributed by atoms with Gasteiger partial charge in [0, 0.05) is 36.3 Å². The lowest BCUT2D eigenvalue weighted by molar-refractivity contribution is -0.122. The average Bonchev–Trinajstić information content (AvgIpc) is 3.17. The van der Waals surface area contributed by atoms with E-state index >= 15 is 0 Å². The molecule has 1 fully saturated rings. The zero-order valence-corrected chi connectivity index (χ0v) is 17.3. The van der Waals surface area contributed by atoms with Gasteiger partial charge in [-0.2, -0.15) is 0 Å². The summed E-state index contributed by atoms with van der Waals surface area (Å²) >= 11 is 6.84. The van der Waals surface area contributed by atoms with Gasteiger partial charge in [0.05, 0.1) is 12.0 Å². The second-order valence-corrected chi connectivity index (χ2v) is 8.32. The highest BCUT2D eigenvalue weighted by atomic mass is 32.2. The summed E-state index contributed by atoms with van der Waals surface area (Å²) in [4.78, 5) is 15.3. The molecule has 3 aromatic rings. The van der Waals surface area contributed by atoms with Gasteiger partial charge in [0.2, 0.25) is 0 Å². The first kappa shape index (κ1) is 18.8. The quantitative estimate of drug-likeness (QED) is 0.455. The molecule has 2 aromatic carbocycles. The van der Waals surface area contributed by atoms with E-state index in [4.69, 9.17) is 17.0 Å². The fourth-order valence-corrected chi connectivity index (χ4v) is 4.65. The Kier molecular flexibility index (Phi) is 5.24. The first-order valence-corrected chi connectivity index (χ1v) is 10.2. The number of carbonyl (C=O) groups excluding carboxylic acids is 1. The average molecular weight is 409 g/mol. The minimum atomic E-state index is -0.0172. The van der Waals surface area contributed by atoms with Crippen LogP contribution in [0.1, 0.15) is 11.1 Å². The number of fused-ring (bicyclic) bond motifs is 1. The van der Waals surface area contributed by atoms with E-state index in [1.165, 1.54) is 11.8 Å². The van der Waals surface area contributed by atoms with Gasteiger partial charge in [-0.25, -0.2) is 0 Å². The van der Waals surface area contributed by atoms with E-state index in [0.29, 0.717) is 15.8 Å². The highest BCUT2D eigenvalue weighted by Crippen LogP contribution is 2.34. The summed E-state index contributed by atoms with van der Waals surface area (Å²) in [7, 11) is 3.66. The highest BCUT2D eigenvalue weighted by Gasteiger charge is 2.31. The van der Waals surface area contributed by atoms with Crippen LogP contribution in [-0.2, 0) is 18.3 Å². The smallest absolute Gasteiger partial charge is 0.266 e. The number of hydrogen-bond acceptors (Lipinski definition) is 4. The summed E-state index contributed by atoms with van der Waals surface area (Å²) in [5.41, 5.74) is 3.32. The minimum absolute atomic E-state index is 0.0172. The minimum Gasteiger partial charge on any atom is -0.497 e. The highest BCUT2D eigenvalue weighted by molar-refractivity contribution is 8.26. The van der Waals surface area contributed by atoms with Crippen molar-refractivity contribution >= 4 is 51.2 Å². The number of ether oxygens (including phenoxy) is 1. The van der Waals surface area contributed by atoms with Crippen LogP contribution in [0.3, 0.4) is 0 Å². The molecule has 2 heterocycles. The van der Waals surface area contributed by atoms with Gasteiger partial charge in [0.1, 0.15) is 10.1 Å². The van der Waals surface area contributed by atoms with Gasteiger partial charge in [-0.15, -0.1) is 0 Å². The standard InChI is InChI=1S/C22H20N2O2S2/c1-23-14-16(18-5-3-4-6-19(18)23)13-20-21(25)24(22(27)28-20)12-11-15-7-9-17(26-2)10-8-15/h3-10,13-14H,11-12H2,1-2H3/b20-13-. The zero-order valence-electron chi connectivity index (χ0n) is 15.7. The molecule has 1 amide bonds. The summed E-state index contributed by atoms with van der Waals surface area (Å²) in [6, 6.07) is 16.1. The Hall–Kier alpha value is -2.57. The van der Waals surface area contributed by atoms with Crippen LogP contribution in [-0.4, -0.2) is 33.3 Å².